The van der Waals surface area contributed by atoms with Crippen molar-refractivity contribution in [3.05, 3.63) is 22.4 Å². The van der Waals surface area contributed by atoms with Crippen LogP contribution in [0.1, 0.15) is 36.5 Å². The highest BCUT2D eigenvalue weighted by atomic mass is 32.1. The van der Waals surface area contributed by atoms with Gasteiger partial charge in [0.15, 0.2) is 0 Å². The van der Waals surface area contributed by atoms with Crippen LogP contribution in [0.3, 0.4) is 0 Å². The third kappa shape index (κ3) is 2.15. The quantitative estimate of drug-likeness (QED) is 0.903. The molecule has 0 aromatic carbocycles. The van der Waals surface area contributed by atoms with Crippen LogP contribution in [-0.2, 0) is 0 Å². The van der Waals surface area contributed by atoms with E-state index in [-0.39, 0.29) is 11.6 Å². The van der Waals surface area contributed by atoms with Crippen molar-refractivity contribution >= 4 is 17.4 Å². The summed E-state index contributed by atoms with van der Waals surface area (Å²) in [6, 6.07) is 4.44. The SMILES string of the molecule is CN(C)N1C(=O)NCC12CCC(c1cccs1)CC2. The monoisotopic (exact) mass is 279 g/mol. The summed E-state index contributed by atoms with van der Waals surface area (Å²) in [6.07, 6.45) is 4.54. The Hall–Kier alpha value is -1.07. The maximum absolute atomic E-state index is 12.0. The van der Waals surface area contributed by atoms with E-state index in [4.69, 9.17) is 0 Å². The van der Waals surface area contributed by atoms with Gasteiger partial charge in [-0.25, -0.2) is 14.8 Å². The minimum atomic E-state index is 0.00828. The fourth-order valence-corrected chi connectivity index (χ4v) is 4.46. The molecule has 0 unspecified atom stereocenters. The van der Waals surface area contributed by atoms with Gasteiger partial charge in [0, 0.05) is 25.5 Å². The van der Waals surface area contributed by atoms with Crippen LogP contribution in [0, 0.1) is 0 Å². The lowest BCUT2D eigenvalue weighted by Crippen LogP contribution is -2.55. The number of hydrazine groups is 1. The molecule has 1 N–H and O–H groups in total. The molecule has 5 heteroatoms. The minimum Gasteiger partial charge on any atom is -0.334 e. The van der Waals surface area contributed by atoms with Crippen LogP contribution in [0.15, 0.2) is 17.5 Å². The van der Waals surface area contributed by atoms with E-state index >= 15 is 0 Å². The minimum absolute atomic E-state index is 0.00828. The average molecular weight is 279 g/mol. The van der Waals surface area contributed by atoms with Crippen LogP contribution in [0.25, 0.3) is 0 Å². The van der Waals surface area contributed by atoms with Gasteiger partial charge in [-0.15, -0.1) is 11.3 Å². The van der Waals surface area contributed by atoms with E-state index in [0.29, 0.717) is 5.92 Å². The highest BCUT2D eigenvalue weighted by Crippen LogP contribution is 2.43. The molecule has 2 aliphatic rings. The molecular weight excluding hydrogens is 258 g/mol. The Kier molecular flexibility index (Phi) is 3.27. The molecule has 2 heterocycles. The molecule has 19 heavy (non-hydrogen) atoms. The number of carbonyl (C=O) groups excluding carboxylic acids is 1. The molecule has 1 saturated heterocycles. The summed E-state index contributed by atoms with van der Waals surface area (Å²) in [6.45, 7) is 0.793. The van der Waals surface area contributed by atoms with Crippen LogP contribution >= 0.6 is 11.3 Å². The average Bonchev–Trinajstić information content (AvgIpc) is 3.00. The molecule has 1 saturated carbocycles. The van der Waals surface area contributed by atoms with Crippen LogP contribution in [0.5, 0.6) is 0 Å². The largest absolute Gasteiger partial charge is 0.334 e. The zero-order valence-electron chi connectivity index (χ0n) is 11.6. The van der Waals surface area contributed by atoms with Crippen molar-refractivity contribution in [1.29, 1.82) is 0 Å². The predicted molar refractivity (Wildman–Crippen MR) is 77.2 cm³/mol. The molecule has 4 nitrogen and oxygen atoms in total. The fourth-order valence-electron chi connectivity index (χ4n) is 3.56. The van der Waals surface area contributed by atoms with Gasteiger partial charge in [0.1, 0.15) is 0 Å². The topological polar surface area (TPSA) is 35.6 Å². The number of urea groups is 1. The van der Waals surface area contributed by atoms with Crippen molar-refractivity contribution in [3.63, 3.8) is 0 Å². The second kappa shape index (κ2) is 4.80. The first-order valence-corrected chi connectivity index (χ1v) is 7.79. The third-order valence-corrected chi connectivity index (χ3v) is 5.51. The van der Waals surface area contributed by atoms with E-state index < -0.39 is 0 Å². The fraction of sp³-hybridized carbons (Fsp3) is 0.643. The van der Waals surface area contributed by atoms with Crippen molar-refractivity contribution in [1.82, 2.24) is 15.3 Å². The van der Waals surface area contributed by atoms with E-state index in [2.05, 4.69) is 22.8 Å². The summed E-state index contributed by atoms with van der Waals surface area (Å²) in [7, 11) is 3.91. The maximum Gasteiger partial charge on any atom is 0.332 e. The standard InChI is InChI=1S/C14H21N3OS/c1-16(2)17-13(18)15-10-14(17)7-5-11(6-8-14)12-4-3-9-19-12/h3-4,9,11H,5-8,10H2,1-2H3,(H,15,18). The Morgan fingerprint density at radius 2 is 2.16 bits per heavy atom. The summed E-state index contributed by atoms with van der Waals surface area (Å²) in [5.41, 5.74) is 0.00828. The number of nitrogens with zero attached hydrogens (tertiary/aromatic N) is 2. The maximum atomic E-state index is 12.0. The molecule has 0 radical (unpaired) electrons. The Morgan fingerprint density at radius 1 is 1.42 bits per heavy atom. The van der Waals surface area contributed by atoms with E-state index in [1.807, 2.05) is 35.4 Å². The normalized spacial score (nSPS) is 31.2. The van der Waals surface area contributed by atoms with Gasteiger partial charge in [0.25, 0.3) is 0 Å². The zero-order valence-corrected chi connectivity index (χ0v) is 12.4. The number of amides is 2. The van der Waals surface area contributed by atoms with E-state index in [1.165, 1.54) is 17.7 Å². The molecule has 104 valence electrons. The van der Waals surface area contributed by atoms with E-state index in [0.717, 1.165) is 19.4 Å². The second-order valence-corrected chi connectivity index (χ2v) is 6.81. The first kappa shape index (κ1) is 12.9. The molecule has 2 amide bonds. The second-order valence-electron chi connectivity index (χ2n) is 5.83. The predicted octanol–water partition coefficient (Wildman–Crippen LogP) is 2.65. The molecule has 2 fully saturated rings. The highest BCUT2D eigenvalue weighted by Gasteiger charge is 2.48. The Morgan fingerprint density at radius 3 is 2.74 bits per heavy atom. The van der Waals surface area contributed by atoms with Gasteiger partial charge >= 0.3 is 6.03 Å². The summed E-state index contributed by atoms with van der Waals surface area (Å²) in [5, 5.41) is 9.03. The molecular formula is C14H21N3OS. The highest BCUT2D eigenvalue weighted by molar-refractivity contribution is 7.10. The smallest absolute Gasteiger partial charge is 0.332 e. The Labute approximate surface area is 118 Å². The van der Waals surface area contributed by atoms with E-state index in [1.54, 1.807) is 0 Å². The summed E-state index contributed by atoms with van der Waals surface area (Å²) < 4.78 is 0. The first-order chi connectivity index (χ1) is 9.12. The van der Waals surface area contributed by atoms with E-state index in [9.17, 15) is 4.79 Å². The van der Waals surface area contributed by atoms with Gasteiger partial charge in [0.05, 0.1) is 5.54 Å². The number of hydrogen-bond acceptors (Lipinski definition) is 3. The van der Waals surface area contributed by atoms with Crippen molar-refractivity contribution < 1.29 is 4.79 Å². The van der Waals surface area contributed by atoms with Crippen molar-refractivity contribution in [2.45, 2.75) is 37.1 Å². The zero-order chi connectivity index (χ0) is 13.5. The molecule has 1 spiro atoms. The lowest BCUT2D eigenvalue weighted by molar-refractivity contribution is -0.0262. The third-order valence-electron chi connectivity index (χ3n) is 4.47. The van der Waals surface area contributed by atoms with Crippen molar-refractivity contribution in [2.75, 3.05) is 20.6 Å². The molecule has 1 aliphatic heterocycles. The molecule has 1 aromatic heterocycles. The van der Waals surface area contributed by atoms with Crippen LogP contribution < -0.4 is 5.32 Å². The summed E-state index contributed by atoms with van der Waals surface area (Å²) >= 11 is 1.86. The van der Waals surface area contributed by atoms with Crippen molar-refractivity contribution in [3.8, 4) is 0 Å². The lowest BCUT2D eigenvalue weighted by Gasteiger charge is -2.44. The number of nitrogens with one attached hydrogen (secondary N) is 1. The van der Waals surface area contributed by atoms with Crippen LogP contribution in [0.2, 0.25) is 0 Å². The van der Waals surface area contributed by atoms with Gasteiger partial charge < -0.3 is 5.32 Å². The molecule has 1 aliphatic carbocycles. The number of rotatable bonds is 2. The molecule has 0 atom stereocenters. The summed E-state index contributed by atoms with van der Waals surface area (Å²) in [5.74, 6) is 0.685. The van der Waals surface area contributed by atoms with Gasteiger partial charge in [0.2, 0.25) is 0 Å². The van der Waals surface area contributed by atoms with Gasteiger partial charge in [-0.2, -0.15) is 0 Å². The van der Waals surface area contributed by atoms with Gasteiger partial charge in [-0.1, -0.05) is 6.07 Å². The van der Waals surface area contributed by atoms with Gasteiger partial charge in [-0.05, 0) is 43.0 Å². The molecule has 1 aromatic rings. The van der Waals surface area contributed by atoms with Crippen LogP contribution in [0.4, 0.5) is 4.79 Å². The first-order valence-electron chi connectivity index (χ1n) is 6.91. The Balaban J connectivity index is 1.73. The van der Waals surface area contributed by atoms with Crippen molar-refractivity contribution in [2.24, 2.45) is 0 Å². The van der Waals surface area contributed by atoms with Gasteiger partial charge in [-0.3, -0.25) is 0 Å². The summed E-state index contributed by atoms with van der Waals surface area (Å²) in [4.78, 5) is 13.5. The molecule has 0 bridgehead atoms. The molecule has 3 rings (SSSR count). The lowest BCUT2D eigenvalue weighted by atomic mass is 9.76. The number of carbonyl (C=O) groups is 1. The number of thiophene rings is 1. The number of hydrogen-bond donors (Lipinski definition) is 1. The Bertz CT molecular complexity index is 449. The van der Waals surface area contributed by atoms with Crippen LogP contribution in [-0.4, -0.2) is 42.2 Å².